The summed E-state index contributed by atoms with van der Waals surface area (Å²) < 4.78 is 5.72. The van der Waals surface area contributed by atoms with E-state index in [-0.39, 0.29) is 6.10 Å². The predicted molar refractivity (Wildman–Crippen MR) is 81.4 cm³/mol. The molecule has 3 atom stereocenters. The third-order valence-corrected chi connectivity index (χ3v) is 4.50. The Labute approximate surface area is 122 Å². The second-order valence-electron chi connectivity index (χ2n) is 6.22. The quantitative estimate of drug-likeness (QED) is 0.856. The maximum absolute atomic E-state index is 10.2. The number of aliphatic hydroxyl groups excluding tert-OH is 1. The topological polar surface area (TPSA) is 33.9 Å². The van der Waals surface area contributed by atoms with Crippen molar-refractivity contribution in [2.45, 2.75) is 52.2 Å². The molecule has 0 saturated carbocycles. The third-order valence-electron chi connectivity index (χ3n) is 4.50. The van der Waals surface area contributed by atoms with Gasteiger partial charge in [0.25, 0.3) is 0 Å². The number of hydrogen-bond acceptors (Lipinski definition) is 2. The first-order valence-corrected chi connectivity index (χ1v) is 7.79. The van der Waals surface area contributed by atoms with Crippen molar-refractivity contribution in [1.82, 2.24) is 0 Å². The number of aryl methyl sites for hydroxylation is 2. The second-order valence-corrected chi connectivity index (χ2v) is 6.22. The fourth-order valence-corrected chi connectivity index (χ4v) is 2.91. The average molecular weight is 278 g/mol. The zero-order valence-corrected chi connectivity index (χ0v) is 13.0. The van der Waals surface area contributed by atoms with Crippen LogP contribution in [-0.4, -0.2) is 36.9 Å². The highest BCUT2D eigenvalue weighted by molar-refractivity contribution is 5.33. The van der Waals surface area contributed by atoms with Crippen LogP contribution in [-0.2, 0) is 0 Å². The van der Waals surface area contributed by atoms with E-state index in [1.165, 1.54) is 41.8 Å². The van der Waals surface area contributed by atoms with Crippen molar-refractivity contribution in [1.29, 1.82) is 0 Å². The molecule has 1 saturated heterocycles. The van der Waals surface area contributed by atoms with E-state index in [0.29, 0.717) is 12.6 Å². The lowest BCUT2D eigenvalue weighted by Gasteiger charge is -2.31. The van der Waals surface area contributed by atoms with Crippen LogP contribution >= 0.6 is 0 Å². The number of ether oxygens (including phenoxy) is 1. The van der Waals surface area contributed by atoms with Crippen LogP contribution < -0.4 is 9.64 Å². The molecule has 0 radical (unpaired) electrons. The van der Waals surface area contributed by atoms with Crippen molar-refractivity contribution < 1.29 is 14.7 Å². The number of benzene rings is 1. The zero-order valence-electron chi connectivity index (χ0n) is 13.0. The number of rotatable bonds is 5. The lowest BCUT2D eigenvalue weighted by Crippen LogP contribution is -3.17. The van der Waals surface area contributed by atoms with Crippen LogP contribution in [0.3, 0.4) is 0 Å². The molecule has 2 N–H and O–H groups in total. The Bertz CT molecular complexity index is 433. The van der Waals surface area contributed by atoms with Crippen LogP contribution in [0.2, 0.25) is 0 Å². The van der Waals surface area contributed by atoms with E-state index < -0.39 is 0 Å². The van der Waals surface area contributed by atoms with Gasteiger partial charge in [0.2, 0.25) is 0 Å². The van der Waals surface area contributed by atoms with E-state index in [0.717, 1.165) is 12.3 Å². The summed E-state index contributed by atoms with van der Waals surface area (Å²) in [5.74, 6) is 0.855. The lowest BCUT2D eigenvalue weighted by molar-refractivity contribution is -0.931. The van der Waals surface area contributed by atoms with Crippen LogP contribution in [0, 0.1) is 13.8 Å². The highest BCUT2D eigenvalue weighted by Crippen LogP contribution is 2.16. The molecule has 0 spiro atoms. The molecule has 1 aliphatic heterocycles. The maximum atomic E-state index is 10.2. The molecule has 0 amide bonds. The molecule has 20 heavy (non-hydrogen) atoms. The maximum Gasteiger partial charge on any atom is 0.137 e. The Balaban J connectivity index is 1.79. The van der Waals surface area contributed by atoms with Crippen LogP contribution in [0.25, 0.3) is 0 Å². The number of piperidine rings is 1. The van der Waals surface area contributed by atoms with Crippen LogP contribution in [0.4, 0.5) is 0 Å². The molecule has 1 fully saturated rings. The van der Waals surface area contributed by atoms with E-state index in [1.807, 2.05) is 12.1 Å². The first-order chi connectivity index (χ1) is 9.56. The molecular formula is C17H28NO2+. The molecule has 112 valence electrons. The van der Waals surface area contributed by atoms with Gasteiger partial charge in [-0.1, -0.05) is 6.07 Å². The van der Waals surface area contributed by atoms with Gasteiger partial charge in [-0.05, 0) is 63.3 Å². The summed E-state index contributed by atoms with van der Waals surface area (Å²) in [6.07, 6.45) is 3.51. The van der Waals surface area contributed by atoms with Gasteiger partial charge in [0, 0.05) is 0 Å². The van der Waals surface area contributed by atoms with E-state index in [9.17, 15) is 5.11 Å². The molecule has 0 aliphatic carbocycles. The zero-order chi connectivity index (χ0) is 14.5. The number of hydrogen-bond donors (Lipinski definition) is 2. The molecule has 0 aromatic heterocycles. The Kier molecular flexibility index (Phi) is 5.44. The summed E-state index contributed by atoms with van der Waals surface area (Å²) >= 11 is 0. The van der Waals surface area contributed by atoms with Crippen LogP contribution in [0.1, 0.15) is 37.3 Å². The van der Waals surface area contributed by atoms with Crippen LogP contribution in [0.15, 0.2) is 18.2 Å². The fourth-order valence-electron chi connectivity index (χ4n) is 2.91. The normalized spacial score (nSPS) is 24.4. The standard InChI is InChI=1S/C17H27NO2/c1-13-7-8-17(10-14(13)2)20-12-16(19)11-18-9-5-4-6-15(18)3/h7-8,10,15-16,19H,4-6,9,11-12H2,1-3H3/p+1. The summed E-state index contributed by atoms with van der Waals surface area (Å²) in [6.45, 7) is 8.82. The first kappa shape index (κ1) is 15.3. The number of aliphatic hydroxyl groups is 1. The van der Waals surface area contributed by atoms with Gasteiger partial charge in [-0.25, -0.2) is 0 Å². The van der Waals surface area contributed by atoms with Gasteiger partial charge >= 0.3 is 0 Å². The number of nitrogens with one attached hydrogen (secondary N) is 1. The van der Waals surface area contributed by atoms with Crippen molar-refractivity contribution in [2.24, 2.45) is 0 Å². The van der Waals surface area contributed by atoms with Gasteiger partial charge < -0.3 is 14.7 Å². The molecule has 3 heteroatoms. The van der Waals surface area contributed by atoms with Gasteiger partial charge in [-0.15, -0.1) is 0 Å². The molecule has 1 heterocycles. The summed E-state index contributed by atoms with van der Waals surface area (Å²) in [5.41, 5.74) is 2.50. The molecule has 0 bridgehead atoms. The van der Waals surface area contributed by atoms with Crippen molar-refractivity contribution >= 4 is 0 Å². The van der Waals surface area contributed by atoms with Gasteiger partial charge in [0.05, 0.1) is 12.6 Å². The number of quaternary nitrogens is 1. The smallest absolute Gasteiger partial charge is 0.137 e. The molecule has 1 aliphatic rings. The molecule has 1 aromatic rings. The Hall–Kier alpha value is -1.06. The Morgan fingerprint density at radius 3 is 2.80 bits per heavy atom. The van der Waals surface area contributed by atoms with Crippen molar-refractivity contribution in [3.8, 4) is 5.75 Å². The number of likely N-dealkylation sites (tertiary alicyclic amines) is 1. The van der Waals surface area contributed by atoms with E-state index in [4.69, 9.17) is 4.74 Å². The summed E-state index contributed by atoms with van der Waals surface area (Å²) in [4.78, 5) is 1.52. The van der Waals surface area contributed by atoms with Gasteiger partial charge in [-0.3, -0.25) is 0 Å². The predicted octanol–water partition coefficient (Wildman–Crippen LogP) is 1.50. The molecule has 3 nitrogen and oxygen atoms in total. The highest BCUT2D eigenvalue weighted by atomic mass is 16.5. The largest absolute Gasteiger partial charge is 0.491 e. The molecule has 3 unspecified atom stereocenters. The Morgan fingerprint density at radius 1 is 1.30 bits per heavy atom. The highest BCUT2D eigenvalue weighted by Gasteiger charge is 2.24. The SMILES string of the molecule is Cc1ccc(OCC(O)C[NH+]2CCCCC2C)cc1C. The van der Waals surface area contributed by atoms with Gasteiger partial charge in [-0.2, -0.15) is 0 Å². The lowest BCUT2D eigenvalue weighted by atomic mass is 10.0. The van der Waals surface area contributed by atoms with Crippen LogP contribution in [0.5, 0.6) is 5.75 Å². The first-order valence-electron chi connectivity index (χ1n) is 7.79. The van der Waals surface area contributed by atoms with Gasteiger partial charge in [0.15, 0.2) is 0 Å². The average Bonchev–Trinajstić information content (AvgIpc) is 2.43. The van der Waals surface area contributed by atoms with Crippen molar-refractivity contribution in [3.05, 3.63) is 29.3 Å². The Morgan fingerprint density at radius 2 is 2.10 bits per heavy atom. The second kappa shape index (κ2) is 7.09. The third kappa shape index (κ3) is 4.22. The van der Waals surface area contributed by atoms with Gasteiger partial charge in [0.1, 0.15) is 25.0 Å². The summed E-state index contributed by atoms with van der Waals surface area (Å²) in [7, 11) is 0. The van der Waals surface area contributed by atoms with Crippen molar-refractivity contribution in [3.63, 3.8) is 0 Å². The van der Waals surface area contributed by atoms with Crippen molar-refractivity contribution in [2.75, 3.05) is 19.7 Å². The summed E-state index contributed by atoms with van der Waals surface area (Å²) in [5, 5.41) is 10.2. The van der Waals surface area contributed by atoms with E-state index >= 15 is 0 Å². The minimum Gasteiger partial charge on any atom is -0.491 e. The monoisotopic (exact) mass is 278 g/mol. The molecule has 2 rings (SSSR count). The molecule has 1 aromatic carbocycles. The minimum absolute atomic E-state index is 0.382. The van der Waals surface area contributed by atoms with E-state index in [1.54, 1.807) is 0 Å². The summed E-state index contributed by atoms with van der Waals surface area (Å²) in [6, 6.07) is 6.75. The fraction of sp³-hybridized carbons (Fsp3) is 0.647. The molecular weight excluding hydrogens is 250 g/mol. The van der Waals surface area contributed by atoms with E-state index in [2.05, 4.69) is 26.8 Å². The minimum atomic E-state index is -0.382.